The number of nitrogens with zero attached hydrogens (tertiary/aromatic N) is 2. The Kier molecular flexibility index (Phi) is 5.29. The Morgan fingerprint density at radius 3 is 2.72 bits per heavy atom. The van der Waals surface area contributed by atoms with Crippen LogP contribution >= 0.6 is 23.1 Å². The van der Waals surface area contributed by atoms with E-state index in [0.717, 1.165) is 16.3 Å². The van der Waals surface area contributed by atoms with Crippen molar-refractivity contribution in [1.29, 1.82) is 0 Å². The number of amides is 2. The van der Waals surface area contributed by atoms with Crippen LogP contribution in [0.5, 0.6) is 0 Å². The van der Waals surface area contributed by atoms with Gasteiger partial charge in [-0.05, 0) is 23.6 Å². The molecule has 0 bridgehead atoms. The van der Waals surface area contributed by atoms with Crippen molar-refractivity contribution in [2.45, 2.75) is 11.7 Å². The second-order valence-electron chi connectivity index (χ2n) is 4.80. The average molecular weight is 382 g/mol. The fourth-order valence-corrected chi connectivity index (χ4v) is 3.51. The minimum Gasteiger partial charge on any atom is -0.272 e. The number of imidazole rings is 1. The van der Waals surface area contributed by atoms with Crippen LogP contribution in [0.15, 0.2) is 46.9 Å². The number of hydrogen-bond donors (Lipinski definition) is 2. The standard InChI is InChI=1S/C15H12F2N4O2S2/c16-14(17)21-10-5-2-1-4-9(10)18-15(21)25-8-12(22)19-20-13(23)11-6-3-7-24-11/h1-7,14H,8H2,(H,19,22)(H,20,23). The van der Waals surface area contributed by atoms with Crippen LogP contribution in [0.4, 0.5) is 8.78 Å². The molecule has 0 radical (unpaired) electrons. The molecule has 2 aromatic heterocycles. The minimum atomic E-state index is -2.77. The number of nitrogens with one attached hydrogen (secondary N) is 2. The smallest absolute Gasteiger partial charge is 0.272 e. The van der Waals surface area contributed by atoms with Crippen LogP contribution in [0.25, 0.3) is 11.0 Å². The van der Waals surface area contributed by atoms with E-state index in [4.69, 9.17) is 0 Å². The Morgan fingerprint density at radius 2 is 2.00 bits per heavy atom. The lowest BCUT2D eigenvalue weighted by Crippen LogP contribution is -2.42. The van der Waals surface area contributed by atoms with Gasteiger partial charge in [-0.2, -0.15) is 8.78 Å². The zero-order valence-corrected chi connectivity index (χ0v) is 14.2. The lowest BCUT2D eigenvalue weighted by atomic mass is 10.3. The van der Waals surface area contributed by atoms with E-state index in [2.05, 4.69) is 15.8 Å². The first-order valence-corrected chi connectivity index (χ1v) is 8.93. The first-order valence-electron chi connectivity index (χ1n) is 7.07. The third kappa shape index (κ3) is 3.97. The molecule has 0 unspecified atom stereocenters. The van der Waals surface area contributed by atoms with Crippen LogP contribution in [0.2, 0.25) is 0 Å². The van der Waals surface area contributed by atoms with Crippen molar-refractivity contribution < 1.29 is 18.4 Å². The molecule has 0 aliphatic carbocycles. The molecule has 0 atom stereocenters. The number of alkyl halides is 2. The molecule has 0 saturated carbocycles. The van der Waals surface area contributed by atoms with Gasteiger partial charge in [0.15, 0.2) is 5.16 Å². The highest BCUT2D eigenvalue weighted by Crippen LogP contribution is 2.28. The van der Waals surface area contributed by atoms with E-state index in [9.17, 15) is 18.4 Å². The Labute approximate surface area is 149 Å². The molecular formula is C15H12F2N4O2S2. The number of fused-ring (bicyclic) bond motifs is 1. The van der Waals surface area contributed by atoms with Gasteiger partial charge < -0.3 is 0 Å². The topological polar surface area (TPSA) is 76.0 Å². The molecule has 0 aliphatic heterocycles. The molecule has 2 amide bonds. The number of thiophene rings is 1. The summed E-state index contributed by atoms with van der Waals surface area (Å²) in [5, 5.41) is 1.78. The van der Waals surface area contributed by atoms with Gasteiger partial charge in [0.1, 0.15) is 0 Å². The second-order valence-corrected chi connectivity index (χ2v) is 6.69. The van der Waals surface area contributed by atoms with E-state index in [1.54, 1.807) is 41.8 Å². The summed E-state index contributed by atoms with van der Waals surface area (Å²) in [4.78, 5) is 28.1. The maximum atomic E-state index is 13.3. The average Bonchev–Trinajstić information content (AvgIpc) is 3.24. The molecule has 0 spiro atoms. The van der Waals surface area contributed by atoms with Gasteiger partial charge in [-0.15, -0.1) is 11.3 Å². The number of rotatable bonds is 5. The van der Waals surface area contributed by atoms with Crippen LogP contribution in [0.1, 0.15) is 16.2 Å². The van der Waals surface area contributed by atoms with Gasteiger partial charge in [0.2, 0.25) is 5.91 Å². The SMILES string of the molecule is O=C(CSc1nc2ccccc2n1C(F)F)NNC(=O)c1cccs1. The summed E-state index contributed by atoms with van der Waals surface area (Å²) in [6.45, 7) is -2.77. The molecule has 1 aromatic carbocycles. The highest BCUT2D eigenvalue weighted by Gasteiger charge is 2.19. The fraction of sp³-hybridized carbons (Fsp3) is 0.133. The number of halogens is 2. The maximum Gasteiger partial charge on any atom is 0.321 e. The van der Waals surface area contributed by atoms with E-state index in [-0.39, 0.29) is 10.9 Å². The molecule has 2 heterocycles. The van der Waals surface area contributed by atoms with Crippen molar-refractivity contribution >= 4 is 45.9 Å². The molecule has 2 N–H and O–H groups in total. The highest BCUT2D eigenvalue weighted by molar-refractivity contribution is 7.99. The highest BCUT2D eigenvalue weighted by atomic mass is 32.2. The van der Waals surface area contributed by atoms with Gasteiger partial charge in [-0.1, -0.05) is 30.0 Å². The van der Waals surface area contributed by atoms with Crippen LogP contribution in [-0.4, -0.2) is 27.1 Å². The lowest BCUT2D eigenvalue weighted by molar-refractivity contribution is -0.119. The number of hydrogen-bond acceptors (Lipinski definition) is 5. The number of thioether (sulfide) groups is 1. The number of aromatic nitrogens is 2. The molecule has 0 fully saturated rings. The van der Waals surface area contributed by atoms with Crippen LogP contribution in [0, 0.1) is 0 Å². The summed E-state index contributed by atoms with van der Waals surface area (Å²) in [6.07, 6.45) is 0. The Bertz CT molecular complexity index is 896. The lowest BCUT2D eigenvalue weighted by Gasteiger charge is -2.08. The molecule has 0 saturated heterocycles. The zero-order valence-electron chi connectivity index (χ0n) is 12.6. The van der Waals surface area contributed by atoms with Gasteiger partial charge in [0.05, 0.1) is 21.7 Å². The number of hydrazine groups is 1. The van der Waals surface area contributed by atoms with Crippen molar-refractivity contribution in [1.82, 2.24) is 20.4 Å². The van der Waals surface area contributed by atoms with Gasteiger partial charge in [0, 0.05) is 0 Å². The molecule has 10 heteroatoms. The first-order chi connectivity index (χ1) is 12.1. The summed E-state index contributed by atoms with van der Waals surface area (Å²) >= 11 is 2.10. The predicted octanol–water partition coefficient (Wildman–Crippen LogP) is 3.05. The summed E-state index contributed by atoms with van der Waals surface area (Å²) < 4.78 is 27.3. The van der Waals surface area contributed by atoms with E-state index < -0.39 is 18.4 Å². The monoisotopic (exact) mass is 382 g/mol. The molecular weight excluding hydrogens is 370 g/mol. The largest absolute Gasteiger partial charge is 0.321 e. The van der Waals surface area contributed by atoms with Gasteiger partial charge in [0.25, 0.3) is 5.91 Å². The van der Waals surface area contributed by atoms with E-state index in [0.29, 0.717) is 15.9 Å². The molecule has 130 valence electrons. The molecule has 3 rings (SSSR count). The second kappa shape index (κ2) is 7.62. The van der Waals surface area contributed by atoms with Crippen LogP contribution in [0.3, 0.4) is 0 Å². The third-order valence-electron chi connectivity index (χ3n) is 3.15. The zero-order chi connectivity index (χ0) is 17.8. The van der Waals surface area contributed by atoms with Crippen molar-refractivity contribution in [3.8, 4) is 0 Å². The maximum absolute atomic E-state index is 13.3. The summed E-state index contributed by atoms with van der Waals surface area (Å²) in [5.74, 6) is -1.13. The third-order valence-corrected chi connectivity index (χ3v) is 4.97. The Morgan fingerprint density at radius 1 is 1.20 bits per heavy atom. The normalized spacial score (nSPS) is 11.0. The minimum absolute atomic E-state index is 0.0379. The quantitative estimate of drug-likeness (QED) is 0.525. The van der Waals surface area contributed by atoms with Crippen molar-refractivity contribution in [3.05, 3.63) is 46.7 Å². The predicted molar refractivity (Wildman–Crippen MR) is 91.6 cm³/mol. The molecule has 3 aromatic rings. The van der Waals surface area contributed by atoms with Crippen molar-refractivity contribution in [3.63, 3.8) is 0 Å². The first kappa shape index (κ1) is 17.4. The summed E-state index contributed by atoms with van der Waals surface area (Å²) in [6, 6.07) is 9.84. The van der Waals surface area contributed by atoms with Crippen molar-refractivity contribution in [2.24, 2.45) is 0 Å². The summed E-state index contributed by atoms with van der Waals surface area (Å²) in [7, 11) is 0. The molecule has 0 aliphatic rings. The number of carbonyl (C=O) groups excluding carboxylic acids is 2. The van der Waals surface area contributed by atoms with Crippen LogP contribution < -0.4 is 10.9 Å². The van der Waals surface area contributed by atoms with Crippen LogP contribution in [-0.2, 0) is 4.79 Å². The number of carbonyl (C=O) groups is 2. The van der Waals surface area contributed by atoms with Gasteiger partial charge >= 0.3 is 6.55 Å². The molecule has 25 heavy (non-hydrogen) atoms. The van der Waals surface area contributed by atoms with E-state index >= 15 is 0 Å². The van der Waals surface area contributed by atoms with E-state index in [1.165, 1.54) is 11.3 Å². The number of para-hydroxylation sites is 2. The van der Waals surface area contributed by atoms with E-state index in [1.807, 2.05) is 0 Å². The van der Waals surface area contributed by atoms with Gasteiger partial charge in [-0.3, -0.25) is 25.0 Å². The molecule has 6 nitrogen and oxygen atoms in total. The number of benzene rings is 1. The Balaban J connectivity index is 1.61. The van der Waals surface area contributed by atoms with Crippen molar-refractivity contribution in [2.75, 3.05) is 5.75 Å². The fourth-order valence-electron chi connectivity index (χ4n) is 2.07. The summed E-state index contributed by atoms with van der Waals surface area (Å²) in [5.41, 5.74) is 5.24. The van der Waals surface area contributed by atoms with Gasteiger partial charge in [-0.25, -0.2) is 4.98 Å². The Hall–Kier alpha value is -2.46.